The van der Waals surface area contributed by atoms with Gasteiger partial charge in [-0.25, -0.2) is 9.78 Å². The predicted octanol–water partition coefficient (Wildman–Crippen LogP) is 1.74. The van der Waals surface area contributed by atoms with Crippen molar-refractivity contribution in [3.05, 3.63) is 17.8 Å². The van der Waals surface area contributed by atoms with E-state index >= 15 is 0 Å². The highest BCUT2D eigenvalue weighted by Crippen LogP contribution is 2.27. The normalized spacial score (nSPS) is 15.8. The Bertz CT molecular complexity index is 502. The van der Waals surface area contributed by atoms with Gasteiger partial charge in [-0.05, 0) is 39.8 Å². The van der Waals surface area contributed by atoms with Gasteiger partial charge in [0.25, 0.3) is 0 Å². The fourth-order valence-electron chi connectivity index (χ4n) is 2.22. The van der Waals surface area contributed by atoms with Crippen molar-refractivity contribution < 1.29 is 9.53 Å². The van der Waals surface area contributed by atoms with E-state index in [9.17, 15) is 4.79 Å². The molecule has 1 atom stereocenters. The highest BCUT2D eigenvalue weighted by Gasteiger charge is 2.29. The van der Waals surface area contributed by atoms with Gasteiger partial charge in [0.1, 0.15) is 11.4 Å². The number of hydrogen-bond donors (Lipinski definition) is 2. The van der Waals surface area contributed by atoms with Crippen LogP contribution in [0.2, 0.25) is 0 Å². The van der Waals surface area contributed by atoms with E-state index in [0.29, 0.717) is 35.8 Å². The summed E-state index contributed by atoms with van der Waals surface area (Å²) in [6.45, 7) is 4.98. The van der Waals surface area contributed by atoms with Crippen molar-refractivity contribution >= 4 is 17.5 Å². The zero-order valence-corrected chi connectivity index (χ0v) is 12.9. The minimum Gasteiger partial charge on any atom is -0.462 e. The number of carbonyl (C=O) groups excluding carboxylic acids is 1. The van der Waals surface area contributed by atoms with Crippen molar-refractivity contribution in [1.29, 1.82) is 0 Å². The zero-order valence-electron chi connectivity index (χ0n) is 12.9. The molecular weight excluding hydrogens is 268 g/mol. The zero-order chi connectivity index (χ0) is 15.4. The minimum absolute atomic E-state index is 0.327. The number of nitrogens with zero attached hydrogens (tertiary/aromatic N) is 2. The minimum atomic E-state index is -0.400. The van der Waals surface area contributed by atoms with Crippen molar-refractivity contribution in [2.45, 2.75) is 38.8 Å². The van der Waals surface area contributed by atoms with Gasteiger partial charge in [0.2, 0.25) is 0 Å². The summed E-state index contributed by atoms with van der Waals surface area (Å²) >= 11 is 0. The standard InChI is InChI=1S/C15H24N4O2/c1-4-21-15(20)13-7-11(16)9-18-14(13)17-8-10(2)19(3)12-5-6-12/h7,9-10,12H,4-6,8,16H2,1-3H3,(H,17,18). The Morgan fingerprint density at radius 1 is 1.62 bits per heavy atom. The molecule has 0 spiro atoms. The van der Waals surface area contributed by atoms with Crippen LogP contribution in [0, 0.1) is 0 Å². The summed E-state index contributed by atoms with van der Waals surface area (Å²) in [6.07, 6.45) is 4.09. The molecule has 3 N–H and O–H groups in total. The predicted molar refractivity (Wildman–Crippen MR) is 83.3 cm³/mol. The van der Waals surface area contributed by atoms with Crippen molar-refractivity contribution in [1.82, 2.24) is 9.88 Å². The maximum absolute atomic E-state index is 11.9. The van der Waals surface area contributed by atoms with Crippen LogP contribution in [0.4, 0.5) is 11.5 Å². The summed E-state index contributed by atoms with van der Waals surface area (Å²) in [4.78, 5) is 18.5. The highest BCUT2D eigenvalue weighted by atomic mass is 16.5. The Morgan fingerprint density at radius 3 is 2.95 bits per heavy atom. The van der Waals surface area contributed by atoms with Crippen molar-refractivity contribution in [2.24, 2.45) is 0 Å². The molecule has 116 valence electrons. The number of anilines is 2. The second kappa shape index (κ2) is 6.76. The Labute approximate surface area is 125 Å². The van der Waals surface area contributed by atoms with E-state index in [1.54, 1.807) is 19.2 Å². The molecule has 21 heavy (non-hydrogen) atoms. The number of nitrogens with two attached hydrogens (primary N) is 1. The first-order chi connectivity index (χ1) is 10.0. The van der Waals surface area contributed by atoms with E-state index in [0.717, 1.165) is 6.54 Å². The summed E-state index contributed by atoms with van der Waals surface area (Å²) in [5.41, 5.74) is 6.55. The molecule has 1 unspecified atom stereocenters. The number of hydrogen-bond acceptors (Lipinski definition) is 6. The molecule has 1 fully saturated rings. The summed E-state index contributed by atoms with van der Waals surface area (Å²) < 4.78 is 5.04. The van der Waals surface area contributed by atoms with Crippen LogP contribution in [-0.2, 0) is 4.74 Å². The van der Waals surface area contributed by atoms with Crippen LogP contribution >= 0.6 is 0 Å². The third kappa shape index (κ3) is 4.07. The van der Waals surface area contributed by atoms with Crippen LogP contribution in [-0.4, -0.2) is 48.1 Å². The SMILES string of the molecule is CCOC(=O)c1cc(N)cnc1NCC(C)N(C)C1CC1. The van der Waals surface area contributed by atoms with Crippen LogP contribution < -0.4 is 11.1 Å². The van der Waals surface area contributed by atoms with Crippen LogP contribution in [0.3, 0.4) is 0 Å². The van der Waals surface area contributed by atoms with E-state index in [4.69, 9.17) is 10.5 Å². The number of pyridine rings is 1. The van der Waals surface area contributed by atoms with Crippen LogP contribution in [0.15, 0.2) is 12.3 Å². The van der Waals surface area contributed by atoms with Crippen molar-refractivity contribution in [2.75, 3.05) is 31.2 Å². The molecule has 1 aromatic heterocycles. The molecule has 6 heteroatoms. The molecule has 1 aliphatic carbocycles. The molecular formula is C15H24N4O2. The smallest absolute Gasteiger partial charge is 0.341 e. The van der Waals surface area contributed by atoms with Gasteiger partial charge in [0.05, 0.1) is 18.5 Å². The molecule has 0 bridgehead atoms. The molecule has 1 aliphatic rings. The number of aromatic nitrogens is 1. The number of esters is 1. The molecule has 2 rings (SSSR count). The van der Waals surface area contributed by atoms with E-state index in [-0.39, 0.29) is 0 Å². The van der Waals surface area contributed by atoms with Crippen LogP contribution in [0.25, 0.3) is 0 Å². The second-order valence-electron chi connectivity index (χ2n) is 5.51. The second-order valence-corrected chi connectivity index (χ2v) is 5.51. The Morgan fingerprint density at radius 2 is 2.33 bits per heavy atom. The lowest BCUT2D eigenvalue weighted by Gasteiger charge is -2.25. The third-order valence-electron chi connectivity index (χ3n) is 3.79. The lowest BCUT2D eigenvalue weighted by Crippen LogP contribution is -2.36. The average molecular weight is 292 g/mol. The first-order valence-electron chi connectivity index (χ1n) is 7.41. The van der Waals surface area contributed by atoms with E-state index in [1.165, 1.54) is 12.8 Å². The molecule has 1 saturated carbocycles. The quantitative estimate of drug-likeness (QED) is 0.745. The van der Waals surface area contributed by atoms with Gasteiger partial charge in [-0.15, -0.1) is 0 Å². The molecule has 6 nitrogen and oxygen atoms in total. The van der Waals surface area contributed by atoms with E-state index in [1.807, 2.05) is 0 Å². The topological polar surface area (TPSA) is 80.5 Å². The van der Waals surface area contributed by atoms with Gasteiger partial charge in [-0.1, -0.05) is 0 Å². The highest BCUT2D eigenvalue weighted by molar-refractivity contribution is 5.95. The number of rotatable bonds is 7. The Balaban J connectivity index is 2.02. The van der Waals surface area contributed by atoms with Gasteiger partial charge >= 0.3 is 5.97 Å². The summed E-state index contributed by atoms with van der Waals surface area (Å²) in [5.74, 6) is 0.127. The Kier molecular flexibility index (Phi) is 5.01. The van der Waals surface area contributed by atoms with Crippen LogP contribution in [0.1, 0.15) is 37.0 Å². The fraction of sp³-hybridized carbons (Fsp3) is 0.600. The van der Waals surface area contributed by atoms with E-state index < -0.39 is 5.97 Å². The van der Waals surface area contributed by atoms with Gasteiger partial charge in [-0.3, -0.25) is 4.90 Å². The third-order valence-corrected chi connectivity index (χ3v) is 3.79. The van der Waals surface area contributed by atoms with Crippen LogP contribution in [0.5, 0.6) is 0 Å². The summed E-state index contributed by atoms with van der Waals surface area (Å²) in [7, 11) is 2.13. The molecule has 1 aromatic rings. The number of ether oxygens (including phenoxy) is 1. The molecule has 0 aromatic carbocycles. The van der Waals surface area contributed by atoms with Crippen molar-refractivity contribution in [3.8, 4) is 0 Å². The monoisotopic (exact) mass is 292 g/mol. The Hall–Kier alpha value is -1.82. The largest absolute Gasteiger partial charge is 0.462 e. The first kappa shape index (κ1) is 15.6. The maximum Gasteiger partial charge on any atom is 0.341 e. The van der Waals surface area contributed by atoms with Gasteiger partial charge in [0.15, 0.2) is 0 Å². The lowest BCUT2D eigenvalue weighted by molar-refractivity contribution is 0.0527. The maximum atomic E-state index is 11.9. The molecule has 0 aliphatic heterocycles. The molecule has 0 saturated heterocycles. The fourth-order valence-corrected chi connectivity index (χ4v) is 2.22. The van der Waals surface area contributed by atoms with Gasteiger partial charge < -0.3 is 15.8 Å². The van der Waals surface area contributed by atoms with Gasteiger partial charge in [0, 0.05) is 18.6 Å². The van der Waals surface area contributed by atoms with Crippen molar-refractivity contribution in [3.63, 3.8) is 0 Å². The van der Waals surface area contributed by atoms with Gasteiger partial charge in [-0.2, -0.15) is 0 Å². The first-order valence-corrected chi connectivity index (χ1v) is 7.41. The summed E-state index contributed by atoms with van der Waals surface area (Å²) in [6, 6.07) is 2.67. The molecule has 1 heterocycles. The van der Waals surface area contributed by atoms with E-state index in [2.05, 4.69) is 29.2 Å². The number of likely N-dealkylation sites (N-methyl/N-ethyl adjacent to an activating group) is 1. The molecule has 0 amide bonds. The average Bonchev–Trinajstić information content (AvgIpc) is 3.29. The molecule has 0 radical (unpaired) electrons. The number of carbonyl (C=O) groups is 1. The number of nitrogen functional groups attached to an aromatic ring is 1. The summed E-state index contributed by atoms with van der Waals surface area (Å²) in [5, 5.41) is 3.23. The number of nitrogens with one attached hydrogen (secondary N) is 1. The lowest BCUT2D eigenvalue weighted by atomic mass is 10.2.